The van der Waals surface area contributed by atoms with Gasteiger partial charge in [-0.1, -0.05) is 0 Å². The molecular weight excluding hydrogens is 242 g/mol. The maximum atomic E-state index is 11.0. The predicted octanol–water partition coefficient (Wildman–Crippen LogP) is 0.815. The van der Waals surface area contributed by atoms with Crippen molar-refractivity contribution in [1.82, 2.24) is 4.72 Å². The van der Waals surface area contributed by atoms with E-state index in [-0.39, 0.29) is 6.54 Å². The second-order valence-electron chi connectivity index (χ2n) is 4.02. The molecule has 0 saturated carbocycles. The molecule has 0 amide bonds. The zero-order chi connectivity index (χ0) is 12.5. The highest BCUT2D eigenvalue weighted by molar-refractivity contribution is 7.88. The van der Waals surface area contributed by atoms with Gasteiger partial charge >= 0.3 is 0 Å². The number of ether oxygens (including phenoxy) is 2. The van der Waals surface area contributed by atoms with Crippen LogP contribution in [0, 0.1) is 6.92 Å². The van der Waals surface area contributed by atoms with Crippen molar-refractivity contribution in [2.75, 3.05) is 19.5 Å². The number of nitrogens with one attached hydrogen (secondary N) is 1. The Morgan fingerprint density at radius 1 is 1.24 bits per heavy atom. The molecule has 6 heteroatoms. The third-order valence-corrected chi connectivity index (χ3v) is 3.19. The summed E-state index contributed by atoms with van der Waals surface area (Å²) in [6.45, 7) is 3.25. The van der Waals surface area contributed by atoms with E-state index in [2.05, 4.69) is 4.72 Å². The highest BCUT2D eigenvalue weighted by Gasteiger charge is 2.14. The zero-order valence-corrected chi connectivity index (χ0v) is 10.6. The molecule has 0 spiro atoms. The van der Waals surface area contributed by atoms with Crippen molar-refractivity contribution in [3.63, 3.8) is 0 Å². The van der Waals surface area contributed by atoms with Gasteiger partial charge in [0.15, 0.2) is 11.5 Å². The minimum Gasteiger partial charge on any atom is -0.486 e. The minimum atomic E-state index is -3.18. The molecule has 0 atom stereocenters. The Bertz CT molecular complexity index is 525. The van der Waals surface area contributed by atoms with E-state index in [0.29, 0.717) is 19.0 Å². The van der Waals surface area contributed by atoms with Crippen LogP contribution in [0.15, 0.2) is 12.1 Å². The molecule has 0 radical (unpaired) electrons. The number of fused-ring (bicyclic) bond motifs is 1. The molecule has 2 rings (SSSR count). The van der Waals surface area contributed by atoms with Crippen LogP contribution < -0.4 is 14.2 Å². The number of hydrogen-bond acceptors (Lipinski definition) is 4. The van der Waals surface area contributed by atoms with E-state index in [9.17, 15) is 8.42 Å². The molecule has 1 aliphatic heterocycles. The van der Waals surface area contributed by atoms with Crippen LogP contribution >= 0.6 is 0 Å². The van der Waals surface area contributed by atoms with Gasteiger partial charge in [-0.3, -0.25) is 0 Å². The first-order chi connectivity index (χ1) is 7.96. The van der Waals surface area contributed by atoms with Crippen LogP contribution in [-0.4, -0.2) is 27.9 Å². The summed E-state index contributed by atoms with van der Waals surface area (Å²) in [4.78, 5) is 0. The maximum absolute atomic E-state index is 11.0. The van der Waals surface area contributed by atoms with Gasteiger partial charge in [-0.05, 0) is 30.2 Å². The number of benzene rings is 1. The molecule has 1 aromatic rings. The first-order valence-electron chi connectivity index (χ1n) is 5.29. The number of rotatable bonds is 3. The highest BCUT2D eigenvalue weighted by atomic mass is 32.2. The van der Waals surface area contributed by atoms with Crippen LogP contribution in [0.3, 0.4) is 0 Å². The maximum Gasteiger partial charge on any atom is 0.209 e. The Hall–Kier alpha value is -1.27. The molecule has 5 nitrogen and oxygen atoms in total. The summed E-state index contributed by atoms with van der Waals surface area (Å²) >= 11 is 0. The van der Waals surface area contributed by atoms with E-state index in [0.717, 1.165) is 23.1 Å². The standard InChI is InChI=1S/C11H15NO4S/c1-8-5-10-11(16-4-3-15-10)6-9(8)7-12-17(2,13)14/h5-6,12H,3-4,7H2,1-2H3. The predicted molar refractivity (Wildman–Crippen MR) is 63.9 cm³/mol. The lowest BCUT2D eigenvalue weighted by atomic mass is 10.1. The van der Waals surface area contributed by atoms with Crippen molar-refractivity contribution in [1.29, 1.82) is 0 Å². The molecule has 0 aliphatic carbocycles. The molecule has 1 aromatic carbocycles. The van der Waals surface area contributed by atoms with Crippen molar-refractivity contribution in [2.45, 2.75) is 13.5 Å². The van der Waals surface area contributed by atoms with Crippen molar-refractivity contribution >= 4 is 10.0 Å². The number of aryl methyl sites for hydroxylation is 1. The van der Waals surface area contributed by atoms with Gasteiger partial charge in [0.25, 0.3) is 0 Å². The third-order valence-electron chi connectivity index (χ3n) is 2.53. The molecular formula is C11H15NO4S. The summed E-state index contributed by atoms with van der Waals surface area (Å²) in [5.41, 5.74) is 1.87. The Balaban J connectivity index is 2.23. The van der Waals surface area contributed by atoms with Gasteiger partial charge in [0.05, 0.1) is 6.26 Å². The summed E-state index contributed by atoms with van der Waals surface area (Å²) < 4.78 is 35.4. The molecule has 0 aromatic heterocycles. The molecule has 1 N–H and O–H groups in total. The summed E-state index contributed by atoms with van der Waals surface area (Å²) in [5.74, 6) is 1.39. The van der Waals surface area contributed by atoms with Crippen LogP contribution in [-0.2, 0) is 16.6 Å². The first-order valence-corrected chi connectivity index (χ1v) is 7.18. The van der Waals surface area contributed by atoms with E-state index < -0.39 is 10.0 Å². The molecule has 0 fully saturated rings. The fourth-order valence-corrected chi connectivity index (χ4v) is 2.05. The van der Waals surface area contributed by atoms with Crippen molar-refractivity contribution < 1.29 is 17.9 Å². The fraction of sp³-hybridized carbons (Fsp3) is 0.455. The number of hydrogen-bond donors (Lipinski definition) is 1. The quantitative estimate of drug-likeness (QED) is 0.870. The Labute approximate surface area is 101 Å². The van der Waals surface area contributed by atoms with Crippen molar-refractivity contribution in [3.05, 3.63) is 23.3 Å². The molecule has 0 saturated heterocycles. The lowest BCUT2D eigenvalue weighted by Gasteiger charge is -2.20. The third kappa shape index (κ3) is 3.10. The normalized spacial score (nSPS) is 14.7. The summed E-state index contributed by atoms with van der Waals surface area (Å²) in [6.07, 6.45) is 1.14. The van der Waals surface area contributed by atoms with E-state index >= 15 is 0 Å². The van der Waals surface area contributed by atoms with Gasteiger partial charge in [0, 0.05) is 6.54 Å². The average Bonchev–Trinajstić information content (AvgIpc) is 2.25. The molecule has 1 heterocycles. The van der Waals surface area contributed by atoms with E-state index in [1.54, 1.807) is 0 Å². The van der Waals surface area contributed by atoms with E-state index in [4.69, 9.17) is 9.47 Å². The monoisotopic (exact) mass is 257 g/mol. The zero-order valence-electron chi connectivity index (χ0n) is 9.82. The molecule has 1 aliphatic rings. The lowest BCUT2D eigenvalue weighted by molar-refractivity contribution is 0.171. The highest BCUT2D eigenvalue weighted by Crippen LogP contribution is 2.32. The van der Waals surface area contributed by atoms with Crippen LogP contribution in [0.2, 0.25) is 0 Å². The summed E-state index contributed by atoms with van der Waals surface area (Å²) in [5, 5.41) is 0. The second-order valence-corrected chi connectivity index (χ2v) is 5.85. The second kappa shape index (κ2) is 4.54. The van der Waals surface area contributed by atoms with Crippen LogP contribution in [0.25, 0.3) is 0 Å². The minimum absolute atomic E-state index is 0.265. The van der Waals surface area contributed by atoms with Crippen LogP contribution in [0.1, 0.15) is 11.1 Å². The molecule has 0 unspecified atom stereocenters. The van der Waals surface area contributed by atoms with Crippen LogP contribution in [0.4, 0.5) is 0 Å². The van der Waals surface area contributed by atoms with Gasteiger partial charge in [0.1, 0.15) is 13.2 Å². The van der Waals surface area contributed by atoms with Gasteiger partial charge in [-0.2, -0.15) is 0 Å². The molecule has 94 valence electrons. The lowest BCUT2D eigenvalue weighted by Crippen LogP contribution is -2.22. The van der Waals surface area contributed by atoms with Crippen LogP contribution in [0.5, 0.6) is 11.5 Å². The van der Waals surface area contributed by atoms with Crippen molar-refractivity contribution in [3.8, 4) is 11.5 Å². The molecule has 17 heavy (non-hydrogen) atoms. The summed E-state index contributed by atoms with van der Waals surface area (Å²) in [6, 6.07) is 3.69. The fourth-order valence-electron chi connectivity index (χ4n) is 1.63. The Morgan fingerprint density at radius 2 is 1.82 bits per heavy atom. The van der Waals surface area contributed by atoms with Crippen molar-refractivity contribution in [2.24, 2.45) is 0 Å². The average molecular weight is 257 g/mol. The van der Waals surface area contributed by atoms with Gasteiger partial charge in [0.2, 0.25) is 10.0 Å². The topological polar surface area (TPSA) is 64.6 Å². The largest absolute Gasteiger partial charge is 0.486 e. The van der Waals surface area contributed by atoms with E-state index in [1.165, 1.54) is 0 Å². The first kappa shape index (κ1) is 12.2. The van der Waals surface area contributed by atoms with Gasteiger partial charge in [-0.25, -0.2) is 13.1 Å². The Kier molecular flexibility index (Phi) is 3.26. The van der Waals surface area contributed by atoms with Gasteiger partial charge < -0.3 is 9.47 Å². The van der Waals surface area contributed by atoms with Gasteiger partial charge in [-0.15, -0.1) is 0 Å². The summed E-state index contributed by atoms with van der Waals surface area (Å²) in [7, 11) is -3.18. The smallest absolute Gasteiger partial charge is 0.209 e. The van der Waals surface area contributed by atoms with E-state index in [1.807, 2.05) is 19.1 Å². The molecule has 0 bridgehead atoms. The Morgan fingerprint density at radius 3 is 2.41 bits per heavy atom. The SMILES string of the molecule is Cc1cc2c(cc1CNS(C)(=O)=O)OCCO2. The number of sulfonamides is 1.